The second-order valence-electron chi connectivity index (χ2n) is 5.82. The zero-order valence-electron chi connectivity index (χ0n) is 11.4. The first-order valence-corrected chi connectivity index (χ1v) is 7.48. The van der Waals surface area contributed by atoms with E-state index in [-0.39, 0.29) is 5.91 Å². The number of carbonyl (C=O) groups excluding carboxylic acids is 1. The van der Waals surface area contributed by atoms with Crippen LogP contribution in [-0.2, 0) is 4.79 Å². The van der Waals surface area contributed by atoms with Crippen molar-refractivity contribution in [3.63, 3.8) is 0 Å². The second-order valence-corrected chi connectivity index (χ2v) is 6.26. The fraction of sp³-hybridized carbons (Fsp3) is 0.438. The summed E-state index contributed by atoms with van der Waals surface area (Å²) in [6.07, 6.45) is 5.85. The van der Waals surface area contributed by atoms with Gasteiger partial charge in [0.15, 0.2) is 0 Å². The SMILES string of the molecule is O=C(/C=C/c1ccc(Cl)cc1)N1CCC2(CCNC2)C1. The number of rotatable bonds is 2. The van der Waals surface area contributed by atoms with E-state index in [9.17, 15) is 4.79 Å². The van der Waals surface area contributed by atoms with Crippen molar-refractivity contribution in [1.82, 2.24) is 10.2 Å². The van der Waals surface area contributed by atoms with Gasteiger partial charge in [0, 0.05) is 36.1 Å². The first-order chi connectivity index (χ1) is 9.67. The van der Waals surface area contributed by atoms with Gasteiger partial charge >= 0.3 is 0 Å². The average molecular weight is 291 g/mol. The number of nitrogens with zero attached hydrogens (tertiary/aromatic N) is 1. The molecule has 20 heavy (non-hydrogen) atoms. The van der Waals surface area contributed by atoms with Gasteiger partial charge in [0.05, 0.1) is 0 Å². The third-order valence-electron chi connectivity index (χ3n) is 4.37. The fourth-order valence-corrected chi connectivity index (χ4v) is 3.24. The first-order valence-electron chi connectivity index (χ1n) is 7.10. The molecule has 1 aromatic carbocycles. The zero-order valence-corrected chi connectivity index (χ0v) is 12.2. The molecule has 1 atom stereocenters. The summed E-state index contributed by atoms with van der Waals surface area (Å²) >= 11 is 5.84. The molecule has 1 unspecified atom stereocenters. The number of amides is 1. The Labute approximate surface area is 124 Å². The van der Waals surface area contributed by atoms with Gasteiger partial charge in [-0.25, -0.2) is 0 Å². The summed E-state index contributed by atoms with van der Waals surface area (Å²) in [5, 5.41) is 4.12. The molecule has 0 radical (unpaired) electrons. The summed E-state index contributed by atoms with van der Waals surface area (Å²) in [6, 6.07) is 7.50. The number of benzene rings is 1. The van der Waals surface area contributed by atoms with E-state index >= 15 is 0 Å². The van der Waals surface area contributed by atoms with Gasteiger partial charge in [-0.05, 0) is 43.2 Å². The van der Waals surface area contributed by atoms with Crippen molar-refractivity contribution in [2.45, 2.75) is 12.8 Å². The Morgan fingerprint density at radius 2 is 2.10 bits per heavy atom. The molecule has 2 heterocycles. The molecule has 2 saturated heterocycles. The molecule has 2 fully saturated rings. The van der Waals surface area contributed by atoms with Crippen LogP contribution < -0.4 is 5.32 Å². The monoisotopic (exact) mass is 290 g/mol. The van der Waals surface area contributed by atoms with Crippen LogP contribution in [0.3, 0.4) is 0 Å². The molecule has 2 aliphatic rings. The lowest BCUT2D eigenvalue weighted by Gasteiger charge is -2.22. The lowest BCUT2D eigenvalue weighted by Crippen LogP contribution is -2.32. The van der Waals surface area contributed by atoms with Crippen LogP contribution in [0.2, 0.25) is 5.02 Å². The number of likely N-dealkylation sites (tertiary alicyclic amines) is 1. The van der Waals surface area contributed by atoms with E-state index in [1.165, 1.54) is 6.42 Å². The third kappa shape index (κ3) is 2.89. The highest BCUT2D eigenvalue weighted by molar-refractivity contribution is 6.30. The molecule has 1 N–H and O–H groups in total. The van der Waals surface area contributed by atoms with Gasteiger partial charge in [0.25, 0.3) is 0 Å². The molecule has 106 valence electrons. The zero-order chi connectivity index (χ0) is 14.0. The molecular formula is C16H19ClN2O. The first kappa shape index (κ1) is 13.7. The lowest BCUT2D eigenvalue weighted by atomic mass is 9.87. The molecule has 0 saturated carbocycles. The molecule has 1 amide bonds. The number of halogens is 1. The minimum absolute atomic E-state index is 0.115. The van der Waals surface area contributed by atoms with Gasteiger partial charge in [-0.1, -0.05) is 23.7 Å². The van der Waals surface area contributed by atoms with E-state index in [0.717, 1.165) is 38.2 Å². The number of hydrogen-bond donors (Lipinski definition) is 1. The van der Waals surface area contributed by atoms with Crippen LogP contribution in [0.4, 0.5) is 0 Å². The maximum atomic E-state index is 12.2. The largest absolute Gasteiger partial charge is 0.339 e. The smallest absolute Gasteiger partial charge is 0.246 e. The standard InChI is InChI=1S/C16H19ClN2O/c17-14-4-1-13(2-5-14)3-6-15(20)19-10-8-16(12-19)7-9-18-11-16/h1-6,18H,7-12H2/b6-3+. The van der Waals surface area contributed by atoms with Crippen LogP contribution in [0.15, 0.2) is 30.3 Å². The maximum Gasteiger partial charge on any atom is 0.246 e. The van der Waals surface area contributed by atoms with Crippen LogP contribution in [0.5, 0.6) is 0 Å². The van der Waals surface area contributed by atoms with Crippen molar-refractivity contribution < 1.29 is 4.79 Å². The van der Waals surface area contributed by atoms with Crippen molar-refractivity contribution >= 4 is 23.6 Å². The van der Waals surface area contributed by atoms with Crippen LogP contribution in [-0.4, -0.2) is 37.0 Å². The highest BCUT2D eigenvalue weighted by atomic mass is 35.5. The van der Waals surface area contributed by atoms with Crippen molar-refractivity contribution in [3.8, 4) is 0 Å². The Bertz CT molecular complexity index is 518. The Morgan fingerprint density at radius 3 is 2.80 bits per heavy atom. The normalized spacial score (nSPS) is 25.9. The third-order valence-corrected chi connectivity index (χ3v) is 4.62. The van der Waals surface area contributed by atoms with E-state index in [2.05, 4.69) is 5.32 Å². The molecule has 3 nitrogen and oxygen atoms in total. The van der Waals surface area contributed by atoms with Gasteiger partial charge in [-0.15, -0.1) is 0 Å². The summed E-state index contributed by atoms with van der Waals surface area (Å²) in [5.74, 6) is 0.115. The van der Waals surface area contributed by atoms with E-state index < -0.39 is 0 Å². The van der Waals surface area contributed by atoms with E-state index in [1.807, 2.05) is 35.2 Å². The summed E-state index contributed by atoms with van der Waals surface area (Å²) in [4.78, 5) is 14.2. The Kier molecular flexibility index (Phi) is 3.81. The quantitative estimate of drug-likeness (QED) is 0.849. The minimum Gasteiger partial charge on any atom is -0.339 e. The molecule has 4 heteroatoms. The highest BCUT2D eigenvalue weighted by Crippen LogP contribution is 2.36. The number of nitrogens with one attached hydrogen (secondary N) is 1. The van der Waals surface area contributed by atoms with E-state index in [1.54, 1.807) is 6.08 Å². The molecule has 0 aromatic heterocycles. The highest BCUT2D eigenvalue weighted by Gasteiger charge is 2.41. The number of hydrogen-bond acceptors (Lipinski definition) is 2. The van der Waals surface area contributed by atoms with Gasteiger partial charge in [-0.3, -0.25) is 4.79 Å². The Morgan fingerprint density at radius 1 is 1.30 bits per heavy atom. The van der Waals surface area contributed by atoms with Crippen LogP contribution in [0.1, 0.15) is 18.4 Å². The average Bonchev–Trinajstić information content (AvgIpc) is 3.09. The minimum atomic E-state index is 0.115. The van der Waals surface area contributed by atoms with Gasteiger partial charge in [0.1, 0.15) is 0 Å². The Balaban J connectivity index is 1.61. The van der Waals surface area contributed by atoms with Gasteiger partial charge in [-0.2, -0.15) is 0 Å². The summed E-state index contributed by atoms with van der Waals surface area (Å²) in [7, 11) is 0. The molecule has 0 bridgehead atoms. The molecule has 0 aliphatic carbocycles. The summed E-state index contributed by atoms with van der Waals surface area (Å²) < 4.78 is 0. The number of carbonyl (C=O) groups is 1. The van der Waals surface area contributed by atoms with Crippen LogP contribution in [0, 0.1) is 5.41 Å². The van der Waals surface area contributed by atoms with Crippen molar-refractivity contribution in [1.29, 1.82) is 0 Å². The fourth-order valence-electron chi connectivity index (χ4n) is 3.11. The predicted molar refractivity (Wildman–Crippen MR) is 81.6 cm³/mol. The van der Waals surface area contributed by atoms with Crippen molar-refractivity contribution in [2.75, 3.05) is 26.2 Å². The second kappa shape index (κ2) is 5.58. The predicted octanol–water partition coefficient (Wildman–Crippen LogP) is 2.57. The molecule has 2 aliphatic heterocycles. The maximum absolute atomic E-state index is 12.2. The van der Waals surface area contributed by atoms with E-state index in [0.29, 0.717) is 10.4 Å². The van der Waals surface area contributed by atoms with E-state index in [4.69, 9.17) is 11.6 Å². The molecule has 1 spiro atoms. The summed E-state index contributed by atoms with van der Waals surface area (Å²) in [5.41, 5.74) is 1.34. The van der Waals surface area contributed by atoms with Crippen LogP contribution >= 0.6 is 11.6 Å². The summed E-state index contributed by atoms with van der Waals surface area (Å²) in [6.45, 7) is 3.91. The Hall–Kier alpha value is -1.32. The lowest BCUT2D eigenvalue weighted by molar-refractivity contribution is -0.125. The topological polar surface area (TPSA) is 32.3 Å². The van der Waals surface area contributed by atoms with Crippen LogP contribution in [0.25, 0.3) is 6.08 Å². The van der Waals surface area contributed by atoms with Crippen molar-refractivity contribution in [2.24, 2.45) is 5.41 Å². The van der Waals surface area contributed by atoms with Crippen molar-refractivity contribution in [3.05, 3.63) is 40.9 Å². The molecule has 1 aromatic rings. The molecule has 3 rings (SSSR count). The van der Waals surface area contributed by atoms with Gasteiger partial charge < -0.3 is 10.2 Å². The molecular weight excluding hydrogens is 272 g/mol. The van der Waals surface area contributed by atoms with Gasteiger partial charge in [0.2, 0.25) is 5.91 Å².